The zero-order valence-electron chi connectivity index (χ0n) is 20.7. The quantitative estimate of drug-likeness (QED) is 0.449. The number of rotatable bonds is 9. The van der Waals surface area contributed by atoms with Crippen LogP contribution in [0.3, 0.4) is 0 Å². The topological polar surface area (TPSA) is 86.8 Å². The second-order valence-corrected chi connectivity index (χ2v) is 10.8. The van der Waals surface area contributed by atoms with E-state index in [2.05, 4.69) is 5.32 Å². The summed E-state index contributed by atoms with van der Waals surface area (Å²) in [6.07, 6.45) is 0. The number of nitrogens with one attached hydrogen (secondary N) is 1. The highest BCUT2D eigenvalue weighted by atomic mass is 35.5. The van der Waals surface area contributed by atoms with Crippen LogP contribution in [0.1, 0.15) is 23.6 Å². The third-order valence-electron chi connectivity index (χ3n) is 5.95. The average Bonchev–Trinajstić information content (AvgIpc) is 2.86. The van der Waals surface area contributed by atoms with Crippen molar-refractivity contribution in [3.63, 3.8) is 0 Å². The molecule has 0 unspecified atom stereocenters. The molecule has 3 aromatic carbocycles. The Kier molecular flexibility index (Phi) is 8.76. The van der Waals surface area contributed by atoms with Gasteiger partial charge in [0.05, 0.1) is 10.6 Å². The molecule has 9 heteroatoms. The van der Waals surface area contributed by atoms with Gasteiger partial charge in [0, 0.05) is 18.6 Å². The van der Waals surface area contributed by atoms with Crippen LogP contribution in [0.4, 0.5) is 5.69 Å². The van der Waals surface area contributed by atoms with Crippen molar-refractivity contribution < 1.29 is 18.0 Å². The normalized spacial score (nSPS) is 12.0. The Bertz CT molecular complexity index is 1330. The summed E-state index contributed by atoms with van der Waals surface area (Å²) < 4.78 is 28.7. The van der Waals surface area contributed by atoms with E-state index in [1.54, 1.807) is 74.5 Å². The summed E-state index contributed by atoms with van der Waals surface area (Å²) in [5.41, 5.74) is 2.77. The number of hydrogen-bond donors (Lipinski definition) is 1. The van der Waals surface area contributed by atoms with Gasteiger partial charge in [-0.3, -0.25) is 13.9 Å². The van der Waals surface area contributed by atoms with Crippen molar-refractivity contribution in [3.8, 4) is 0 Å². The summed E-state index contributed by atoms with van der Waals surface area (Å²) in [7, 11) is -2.59. The summed E-state index contributed by atoms with van der Waals surface area (Å²) in [4.78, 5) is 27.7. The van der Waals surface area contributed by atoms with Crippen LogP contribution < -0.4 is 9.62 Å². The Balaban J connectivity index is 2.04. The Hall–Kier alpha value is -3.36. The first-order chi connectivity index (χ1) is 17.0. The number of carbonyl (C=O) groups excluding carboxylic acids is 2. The standard InChI is InChI=1S/C27H30ClN3O4S/c1-19-9-15-24(16-10-19)36(34,35)31(25-8-6-5-7-20(25)2)18-26(32)30(21(3)27(33)29-4)17-22-11-13-23(28)14-12-22/h5-16,21H,17-18H2,1-4H3,(H,29,33)/t21-/m1/s1. The molecular weight excluding hydrogens is 498 g/mol. The maximum atomic E-state index is 13.8. The molecule has 0 spiro atoms. The number of halogens is 1. The van der Waals surface area contributed by atoms with Crippen LogP contribution in [0.15, 0.2) is 77.7 Å². The lowest BCUT2D eigenvalue weighted by molar-refractivity contribution is -0.139. The predicted octanol–water partition coefficient (Wildman–Crippen LogP) is 4.32. The maximum Gasteiger partial charge on any atom is 0.264 e. The number of nitrogens with zero attached hydrogens (tertiary/aromatic N) is 2. The SMILES string of the molecule is CNC(=O)[C@@H](C)N(Cc1ccc(Cl)cc1)C(=O)CN(c1ccccc1C)S(=O)(=O)c1ccc(C)cc1. The van der Waals surface area contributed by atoms with Crippen LogP contribution in [0, 0.1) is 13.8 Å². The monoisotopic (exact) mass is 527 g/mol. The van der Waals surface area contributed by atoms with Crippen LogP contribution >= 0.6 is 11.6 Å². The van der Waals surface area contributed by atoms with E-state index in [1.165, 1.54) is 24.1 Å². The molecule has 0 aliphatic heterocycles. The van der Waals surface area contributed by atoms with Crippen LogP contribution in [0.25, 0.3) is 0 Å². The third kappa shape index (κ3) is 6.25. The van der Waals surface area contributed by atoms with Crippen LogP contribution in [0.5, 0.6) is 0 Å². The first-order valence-electron chi connectivity index (χ1n) is 11.4. The molecular formula is C27H30ClN3O4S. The van der Waals surface area contributed by atoms with E-state index >= 15 is 0 Å². The highest BCUT2D eigenvalue weighted by Crippen LogP contribution is 2.27. The number of para-hydroxylation sites is 1. The number of amides is 2. The van der Waals surface area contributed by atoms with E-state index in [1.807, 2.05) is 6.92 Å². The summed E-state index contributed by atoms with van der Waals surface area (Å²) in [5.74, 6) is -0.874. The second kappa shape index (κ2) is 11.6. The number of likely N-dealkylation sites (N-methyl/N-ethyl adjacent to an activating group) is 1. The molecule has 0 aliphatic carbocycles. The molecule has 7 nitrogen and oxygen atoms in total. The van der Waals surface area contributed by atoms with E-state index < -0.39 is 28.5 Å². The zero-order valence-corrected chi connectivity index (χ0v) is 22.3. The summed E-state index contributed by atoms with van der Waals surface area (Å²) in [5, 5.41) is 3.11. The summed E-state index contributed by atoms with van der Waals surface area (Å²) in [6.45, 7) is 4.90. The first-order valence-corrected chi connectivity index (χ1v) is 13.3. The lowest BCUT2D eigenvalue weighted by Crippen LogP contribution is -2.50. The van der Waals surface area contributed by atoms with Crippen molar-refractivity contribution in [2.45, 2.75) is 38.3 Å². The Morgan fingerprint density at radius 3 is 2.14 bits per heavy atom. The molecule has 0 aromatic heterocycles. The van der Waals surface area contributed by atoms with Gasteiger partial charge < -0.3 is 10.2 Å². The predicted molar refractivity (Wildman–Crippen MR) is 142 cm³/mol. The number of benzene rings is 3. The molecule has 190 valence electrons. The number of aryl methyl sites for hydroxylation is 2. The lowest BCUT2D eigenvalue weighted by Gasteiger charge is -2.32. The number of anilines is 1. The van der Waals surface area contributed by atoms with E-state index in [0.29, 0.717) is 16.3 Å². The van der Waals surface area contributed by atoms with Gasteiger partial charge in [-0.2, -0.15) is 0 Å². The van der Waals surface area contributed by atoms with Gasteiger partial charge in [-0.1, -0.05) is 59.6 Å². The minimum Gasteiger partial charge on any atom is -0.357 e. The molecule has 0 fully saturated rings. The van der Waals surface area contributed by atoms with E-state index in [9.17, 15) is 18.0 Å². The van der Waals surface area contributed by atoms with Gasteiger partial charge in [-0.05, 0) is 62.2 Å². The largest absolute Gasteiger partial charge is 0.357 e. The minimum absolute atomic E-state index is 0.0766. The molecule has 0 heterocycles. The molecule has 0 saturated carbocycles. The van der Waals surface area contributed by atoms with Crippen molar-refractivity contribution in [2.75, 3.05) is 17.9 Å². The van der Waals surface area contributed by atoms with E-state index in [0.717, 1.165) is 15.4 Å². The average molecular weight is 528 g/mol. The lowest BCUT2D eigenvalue weighted by atomic mass is 10.1. The van der Waals surface area contributed by atoms with Crippen molar-refractivity contribution >= 4 is 39.1 Å². The smallest absolute Gasteiger partial charge is 0.264 e. The molecule has 0 radical (unpaired) electrons. The van der Waals surface area contributed by atoms with Gasteiger partial charge in [-0.25, -0.2) is 8.42 Å². The van der Waals surface area contributed by atoms with Crippen LogP contribution in [-0.4, -0.2) is 44.8 Å². The summed E-state index contributed by atoms with van der Waals surface area (Å²) >= 11 is 6.00. The molecule has 3 rings (SSSR count). The molecule has 36 heavy (non-hydrogen) atoms. The van der Waals surface area contributed by atoms with E-state index in [-0.39, 0.29) is 17.3 Å². The first kappa shape index (κ1) is 27.2. The number of hydrogen-bond acceptors (Lipinski definition) is 4. The van der Waals surface area contributed by atoms with Crippen molar-refractivity contribution in [2.24, 2.45) is 0 Å². The molecule has 2 amide bonds. The highest BCUT2D eigenvalue weighted by Gasteiger charge is 2.32. The van der Waals surface area contributed by atoms with Crippen LogP contribution in [0.2, 0.25) is 5.02 Å². The zero-order chi connectivity index (χ0) is 26.5. The van der Waals surface area contributed by atoms with Gasteiger partial charge in [0.25, 0.3) is 10.0 Å². The molecule has 1 atom stereocenters. The van der Waals surface area contributed by atoms with Crippen molar-refractivity contribution in [1.82, 2.24) is 10.2 Å². The van der Waals surface area contributed by atoms with Gasteiger partial charge >= 0.3 is 0 Å². The highest BCUT2D eigenvalue weighted by molar-refractivity contribution is 7.92. The minimum atomic E-state index is -4.08. The molecule has 0 aliphatic rings. The molecule has 3 aromatic rings. The van der Waals surface area contributed by atoms with Gasteiger partial charge in [0.2, 0.25) is 11.8 Å². The number of sulfonamides is 1. The summed E-state index contributed by atoms with van der Waals surface area (Å²) in [6, 6.07) is 19.6. The molecule has 0 saturated heterocycles. The second-order valence-electron chi connectivity index (χ2n) is 8.55. The third-order valence-corrected chi connectivity index (χ3v) is 7.98. The van der Waals surface area contributed by atoms with E-state index in [4.69, 9.17) is 11.6 Å². The van der Waals surface area contributed by atoms with Crippen molar-refractivity contribution in [3.05, 3.63) is 94.5 Å². The van der Waals surface area contributed by atoms with Crippen molar-refractivity contribution in [1.29, 1.82) is 0 Å². The Morgan fingerprint density at radius 1 is 0.944 bits per heavy atom. The maximum absolute atomic E-state index is 13.8. The van der Waals surface area contributed by atoms with Crippen LogP contribution in [-0.2, 0) is 26.2 Å². The Labute approximate surface area is 217 Å². The fraction of sp³-hybridized carbons (Fsp3) is 0.259. The number of carbonyl (C=O) groups is 2. The van der Waals surface area contributed by atoms with Gasteiger partial charge in [0.15, 0.2) is 0 Å². The Morgan fingerprint density at radius 2 is 1.56 bits per heavy atom. The fourth-order valence-electron chi connectivity index (χ4n) is 3.77. The molecule has 0 bridgehead atoms. The molecule has 1 N–H and O–H groups in total. The van der Waals surface area contributed by atoms with Gasteiger partial charge in [-0.15, -0.1) is 0 Å². The van der Waals surface area contributed by atoms with Gasteiger partial charge in [0.1, 0.15) is 12.6 Å². The fourth-order valence-corrected chi connectivity index (χ4v) is 5.38.